The third-order valence-corrected chi connectivity index (χ3v) is 12.1. The second-order valence-electron chi connectivity index (χ2n) is 15.5. The predicted octanol–water partition coefficient (Wildman–Crippen LogP) is 6.21. The molecule has 0 bridgehead atoms. The zero-order valence-corrected chi connectivity index (χ0v) is 30.6. The lowest BCUT2D eigenvalue weighted by Crippen LogP contribution is -2.50. The summed E-state index contributed by atoms with van der Waals surface area (Å²) in [7, 11) is 0. The smallest absolute Gasteiger partial charge is 0.322 e. The van der Waals surface area contributed by atoms with Crippen molar-refractivity contribution in [1.29, 1.82) is 0 Å². The first-order valence-corrected chi connectivity index (χ1v) is 19.0. The Morgan fingerprint density at radius 2 is 1.67 bits per heavy atom. The molecular weight excluding hydrogens is 640 g/mol. The summed E-state index contributed by atoms with van der Waals surface area (Å²) in [6.45, 7) is 16.4. The molecule has 0 unspecified atom stereocenters. The molecule has 3 fully saturated rings. The van der Waals surface area contributed by atoms with Gasteiger partial charge in [0.2, 0.25) is 11.8 Å². The molecule has 49 heavy (non-hydrogen) atoms. The van der Waals surface area contributed by atoms with E-state index in [-0.39, 0.29) is 46.9 Å². The van der Waals surface area contributed by atoms with Gasteiger partial charge in [-0.2, -0.15) is 0 Å². The number of likely N-dealkylation sites (tertiary alicyclic amines) is 1. The van der Waals surface area contributed by atoms with Gasteiger partial charge in [0, 0.05) is 82.1 Å². The Bertz CT molecular complexity index is 1520. The van der Waals surface area contributed by atoms with E-state index in [0.717, 1.165) is 55.8 Å². The molecule has 0 saturated carbocycles. The van der Waals surface area contributed by atoms with Gasteiger partial charge in [0.1, 0.15) is 11.2 Å². The standard InChI is InChI=1S/C38H53FN6O3S/c1-26(2)41-21-23-43(24-22-41)34-29(10-8-11-30(34)39)36-45(20-16-38(3,4)5)35(47)32(49-36)25-33(46)42-17-14-28(15-18-42)44-19-13-27-9-6-7-12-31(27)40-37(44)48/h6-12,26,28,32,36H,13-25H2,1-5H3,(H,40,48)/t32-,36-/m0/s1. The van der Waals surface area contributed by atoms with Crippen LogP contribution in [0.25, 0.3) is 0 Å². The van der Waals surface area contributed by atoms with E-state index >= 15 is 4.39 Å². The van der Waals surface area contributed by atoms with E-state index in [9.17, 15) is 14.4 Å². The summed E-state index contributed by atoms with van der Waals surface area (Å²) in [6.07, 6.45) is 3.13. The van der Waals surface area contributed by atoms with Crippen LogP contribution in [0.3, 0.4) is 0 Å². The van der Waals surface area contributed by atoms with E-state index in [4.69, 9.17) is 0 Å². The minimum absolute atomic E-state index is 0.0126. The van der Waals surface area contributed by atoms with Gasteiger partial charge >= 0.3 is 6.03 Å². The van der Waals surface area contributed by atoms with Crippen LogP contribution < -0.4 is 10.2 Å². The number of rotatable bonds is 8. The number of anilines is 2. The molecule has 0 spiro atoms. The maximum absolute atomic E-state index is 15.7. The number of para-hydroxylation sites is 2. The molecule has 4 heterocycles. The summed E-state index contributed by atoms with van der Waals surface area (Å²) >= 11 is 1.50. The summed E-state index contributed by atoms with van der Waals surface area (Å²) in [4.78, 5) is 51.2. The third kappa shape index (κ3) is 8.03. The molecule has 6 rings (SSSR count). The first kappa shape index (κ1) is 35.5. The van der Waals surface area contributed by atoms with Gasteiger partial charge in [0.25, 0.3) is 0 Å². The molecule has 1 N–H and O–H groups in total. The predicted molar refractivity (Wildman–Crippen MR) is 195 cm³/mol. The van der Waals surface area contributed by atoms with Crippen molar-refractivity contribution in [2.75, 3.05) is 62.6 Å². The van der Waals surface area contributed by atoms with Crippen molar-refractivity contribution in [3.8, 4) is 0 Å². The number of halogens is 1. The Hall–Kier alpha value is -3.31. The van der Waals surface area contributed by atoms with Crippen LogP contribution in [-0.4, -0.2) is 107 Å². The number of benzene rings is 2. The fourth-order valence-electron chi connectivity index (χ4n) is 7.63. The highest BCUT2D eigenvalue weighted by atomic mass is 32.2. The second kappa shape index (κ2) is 14.9. The zero-order valence-electron chi connectivity index (χ0n) is 29.8. The van der Waals surface area contributed by atoms with E-state index in [1.807, 2.05) is 39.0 Å². The fourth-order valence-corrected chi connectivity index (χ4v) is 9.12. The van der Waals surface area contributed by atoms with E-state index in [2.05, 4.69) is 55.8 Å². The average Bonchev–Trinajstić information content (AvgIpc) is 3.27. The molecule has 4 amide bonds. The van der Waals surface area contributed by atoms with Crippen LogP contribution in [-0.2, 0) is 16.0 Å². The number of piperidine rings is 1. The van der Waals surface area contributed by atoms with Crippen LogP contribution in [0.5, 0.6) is 0 Å². The number of hydrogen-bond acceptors (Lipinski definition) is 6. The number of nitrogens with one attached hydrogen (secondary N) is 1. The van der Waals surface area contributed by atoms with Gasteiger partial charge in [-0.25, -0.2) is 9.18 Å². The largest absolute Gasteiger partial charge is 0.366 e. The summed E-state index contributed by atoms with van der Waals surface area (Å²) in [5.41, 5.74) is 3.43. The van der Waals surface area contributed by atoms with Crippen LogP contribution in [0.15, 0.2) is 42.5 Å². The highest BCUT2D eigenvalue weighted by Crippen LogP contribution is 2.48. The lowest BCUT2D eigenvalue weighted by Gasteiger charge is -2.40. The minimum atomic E-state index is -0.529. The number of carbonyl (C=O) groups is 3. The Labute approximate surface area is 295 Å². The van der Waals surface area contributed by atoms with E-state index in [0.29, 0.717) is 50.7 Å². The Kier molecular flexibility index (Phi) is 10.8. The molecule has 9 nitrogen and oxygen atoms in total. The molecule has 0 aromatic heterocycles. The first-order valence-electron chi connectivity index (χ1n) is 18.1. The number of fused-ring (bicyclic) bond motifs is 1. The topological polar surface area (TPSA) is 79.4 Å². The van der Waals surface area contributed by atoms with Gasteiger partial charge in [-0.05, 0) is 62.6 Å². The molecule has 4 aliphatic rings. The number of amides is 4. The van der Waals surface area contributed by atoms with Gasteiger partial charge in [-0.1, -0.05) is 51.1 Å². The minimum Gasteiger partial charge on any atom is -0.366 e. The molecule has 4 aliphatic heterocycles. The van der Waals surface area contributed by atoms with Crippen molar-refractivity contribution in [2.24, 2.45) is 5.41 Å². The van der Waals surface area contributed by atoms with Crippen LogP contribution >= 0.6 is 11.8 Å². The van der Waals surface area contributed by atoms with Gasteiger partial charge in [-0.3, -0.25) is 14.5 Å². The van der Waals surface area contributed by atoms with E-state index in [1.165, 1.54) is 17.8 Å². The molecule has 2 atom stereocenters. The Morgan fingerprint density at radius 1 is 0.959 bits per heavy atom. The second-order valence-corrected chi connectivity index (χ2v) is 16.7. The number of carbonyl (C=O) groups excluding carboxylic acids is 3. The van der Waals surface area contributed by atoms with Gasteiger partial charge in [0.15, 0.2) is 0 Å². The number of nitrogens with zero attached hydrogens (tertiary/aromatic N) is 5. The first-order chi connectivity index (χ1) is 23.4. The zero-order chi connectivity index (χ0) is 34.9. The molecule has 11 heteroatoms. The lowest BCUT2D eigenvalue weighted by molar-refractivity contribution is -0.137. The van der Waals surface area contributed by atoms with Crippen LogP contribution in [0.1, 0.15) is 76.8 Å². The maximum Gasteiger partial charge on any atom is 0.322 e. The van der Waals surface area contributed by atoms with Crippen molar-refractivity contribution in [3.63, 3.8) is 0 Å². The van der Waals surface area contributed by atoms with Crippen LogP contribution in [0, 0.1) is 11.2 Å². The van der Waals surface area contributed by atoms with Crippen LogP contribution in [0.2, 0.25) is 0 Å². The fraction of sp³-hybridized carbons (Fsp3) is 0.605. The van der Waals surface area contributed by atoms with Gasteiger partial charge in [-0.15, -0.1) is 11.8 Å². The molecule has 2 aromatic rings. The van der Waals surface area contributed by atoms with Crippen molar-refractivity contribution in [3.05, 3.63) is 59.4 Å². The highest BCUT2D eigenvalue weighted by Gasteiger charge is 2.44. The third-order valence-electron chi connectivity index (χ3n) is 10.6. The van der Waals surface area contributed by atoms with Gasteiger partial charge < -0.3 is 24.9 Å². The van der Waals surface area contributed by atoms with Crippen molar-refractivity contribution in [1.82, 2.24) is 19.6 Å². The lowest BCUT2D eigenvalue weighted by atomic mass is 9.92. The van der Waals surface area contributed by atoms with Crippen LogP contribution in [0.4, 0.5) is 20.6 Å². The highest BCUT2D eigenvalue weighted by molar-refractivity contribution is 8.01. The SMILES string of the molecule is CC(C)N1CCN(c2c(F)cccc2[C@@H]2S[C@@H](CC(=O)N3CCC(N4CCc5ccccc5NC4=O)CC3)C(=O)N2CCC(C)(C)C)CC1. The molecule has 266 valence electrons. The maximum atomic E-state index is 15.7. The normalized spacial score (nSPS) is 22.8. The number of hydrogen-bond donors (Lipinski definition) is 1. The molecule has 2 aromatic carbocycles. The quantitative estimate of drug-likeness (QED) is 0.355. The molecule has 3 saturated heterocycles. The Morgan fingerprint density at radius 3 is 2.37 bits per heavy atom. The van der Waals surface area contributed by atoms with E-state index < -0.39 is 5.25 Å². The summed E-state index contributed by atoms with van der Waals surface area (Å²) in [5, 5.41) is 2.17. The van der Waals surface area contributed by atoms with E-state index in [1.54, 1.807) is 6.07 Å². The molecular formula is C38H53FN6O3S. The van der Waals surface area contributed by atoms with Crippen molar-refractivity contribution >= 4 is 41.0 Å². The van der Waals surface area contributed by atoms with Crippen molar-refractivity contribution < 1.29 is 18.8 Å². The number of thioether (sulfide) groups is 1. The monoisotopic (exact) mass is 692 g/mol. The Balaban J connectivity index is 1.13. The van der Waals surface area contributed by atoms with Crippen molar-refractivity contribution in [2.45, 2.75) is 89.4 Å². The van der Waals surface area contributed by atoms with Gasteiger partial charge in [0.05, 0.1) is 10.9 Å². The number of piperazine rings is 1. The summed E-state index contributed by atoms with van der Waals surface area (Å²) < 4.78 is 15.7. The molecule has 0 radical (unpaired) electrons. The summed E-state index contributed by atoms with van der Waals surface area (Å²) in [5.74, 6) is -0.329. The summed E-state index contributed by atoms with van der Waals surface area (Å²) in [6, 6.07) is 13.6. The average molecular weight is 693 g/mol. The number of urea groups is 1. The molecule has 0 aliphatic carbocycles.